The molecule has 1 unspecified atom stereocenters. The Bertz CT molecular complexity index is 478. The second kappa shape index (κ2) is 8.70. The number of likely N-dealkylation sites (N-methyl/N-ethyl adjacent to an activating group) is 1. The molecule has 0 spiro atoms. The summed E-state index contributed by atoms with van der Waals surface area (Å²) in [6, 6.07) is 6.58. The number of nitrogens with one attached hydrogen (secondary N) is 2. The summed E-state index contributed by atoms with van der Waals surface area (Å²) in [4.78, 5) is 6.47. The van der Waals surface area contributed by atoms with Crippen molar-refractivity contribution in [2.75, 3.05) is 46.9 Å². The van der Waals surface area contributed by atoms with Crippen LogP contribution < -0.4 is 10.6 Å². The van der Waals surface area contributed by atoms with Gasteiger partial charge in [0.1, 0.15) is 5.82 Å². The zero-order valence-corrected chi connectivity index (χ0v) is 13.3. The average Bonchev–Trinajstić information content (AvgIpc) is 2.52. The van der Waals surface area contributed by atoms with Crippen molar-refractivity contribution in [1.29, 1.82) is 0 Å². The first-order chi connectivity index (χ1) is 10.7. The van der Waals surface area contributed by atoms with E-state index in [0.29, 0.717) is 0 Å². The second-order valence-corrected chi connectivity index (χ2v) is 5.51. The molecule has 1 fully saturated rings. The van der Waals surface area contributed by atoms with E-state index in [2.05, 4.69) is 27.6 Å². The summed E-state index contributed by atoms with van der Waals surface area (Å²) in [6.07, 6.45) is 1.01. The topological polar surface area (TPSA) is 48.9 Å². The lowest BCUT2D eigenvalue weighted by atomic mass is 10.1. The minimum Gasteiger partial charge on any atom is -0.374 e. The first-order valence-corrected chi connectivity index (χ1v) is 7.66. The quantitative estimate of drug-likeness (QED) is 0.626. The molecule has 22 heavy (non-hydrogen) atoms. The fraction of sp³-hybridized carbons (Fsp3) is 0.562. The van der Waals surface area contributed by atoms with E-state index in [1.807, 2.05) is 0 Å². The molecule has 0 radical (unpaired) electrons. The minimum atomic E-state index is -0.202. The molecule has 2 rings (SSSR count). The summed E-state index contributed by atoms with van der Waals surface area (Å²) in [6.45, 7) is 4.18. The fourth-order valence-corrected chi connectivity index (χ4v) is 2.40. The Hall–Kier alpha value is -1.66. The summed E-state index contributed by atoms with van der Waals surface area (Å²) < 4.78 is 18.5. The van der Waals surface area contributed by atoms with Gasteiger partial charge in [0.25, 0.3) is 0 Å². The van der Waals surface area contributed by atoms with Crippen LogP contribution in [-0.2, 0) is 11.2 Å². The monoisotopic (exact) mass is 308 g/mol. The molecular formula is C16H25FN4O. The molecule has 6 heteroatoms. The number of hydrogen-bond donors (Lipinski definition) is 2. The van der Waals surface area contributed by atoms with Crippen molar-refractivity contribution in [2.45, 2.75) is 12.5 Å². The third-order valence-corrected chi connectivity index (χ3v) is 3.68. The Kier molecular flexibility index (Phi) is 6.61. The molecular weight excluding hydrogens is 283 g/mol. The van der Waals surface area contributed by atoms with Gasteiger partial charge < -0.3 is 20.3 Å². The highest BCUT2D eigenvalue weighted by Gasteiger charge is 2.17. The molecule has 5 nitrogen and oxygen atoms in total. The number of halogens is 1. The van der Waals surface area contributed by atoms with Gasteiger partial charge in [-0.1, -0.05) is 12.1 Å². The second-order valence-electron chi connectivity index (χ2n) is 5.51. The molecule has 0 amide bonds. The van der Waals surface area contributed by atoms with Gasteiger partial charge in [-0.2, -0.15) is 0 Å². The van der Waals surface area contributed by atoms with Crippen LogP contribution >= 0.6 is 0 Å². The van der Waals surface area contributed by atoms with Crippen LogP contribution in [0.2, 0.25) is 0 Å². The van der Waals surface area contributed by atoms with E-state index in [1.54, 1.807) is 19.2 Å². The van der Waals surface area contributed by atoms with Crippen LogP contribution in [0.5, 0.6) is 0 Å². The van der Waals surface area contributed by atoms with Crippen LogP contribution in [0.3, 0.4) is 0 Å². The summed E-state index contributed by atoms with van der Waals surface area (Å²) in [5, 5.41) is 6.54. The lowest BCUT2D eigenvalue weighted by molar-refractivity contribution is -0.0161. The molecule has 0 aliphatic carbocycles. The fourth-order valence-electron chi connectivity index (χ4n) is 2.40. The van der Waals surface area contributed by atoms with Gasteiger partial charge in [-0.25, -0.2) is 4.39 Å². The molecule has 1 heterocycles. The zero-order chi connectivity index (χ0) is 15.8. The van der Waals surface area contributed by atoms with E-state index in [0.717, 1.165) is 50.7 Å². The van der Waals surface area contributed by atoms with Crippen molar-refractivity contribution >= 4 is 5.96 Å². The first kappa shape index (κ1) is 16.7. The van der Waals surface area contributed by atoms with Crippen LogP contribution in [0.1, 0.15) is 5.56 Å². The SMILES string of the molecule is CN=C(NCCc1ccc(F)cc1)NCC1CN(C)CCO1. The number of nitrogens with zero attached hydrogens (tertiary/aromatic N) is 2. The molecule has 1 aromatic carbocycles. The van der Waals surface area contributed by atoms with Crippen molar-refractivity contribution in [3.8, 4) is 0 Å². The molecule has 0 aromatic heterocycles. The van der Waals surface area contributed by atoms with E-state index in [1.165, 1.54) is 12.1 Å². The normalized spacial score (nSPS) is 20.0. The van der Waals surface area contributed by atoms with Gasteiger partial charge in [0.15, 0.2) is 5.96 Å². The van der Waals surface area contributed by atoms with Crippen molar-refractivity contribution < 1.29 is 9.13 Å². The highest BCUT2D eigenvalue weighted by atomic mass is 19.1. The number of guanidine groups is 1. The molecule has 1 aliphatic rings. The Morgan fingerprint density at radius 1 is 1.36 bits per heavy atom. The Morgan fingerprint density at radius 3 is 2.82 bits per heavy atom. The molecule has 1 saturated heterocycles. The standard InChI is InChI=1S/C16H25FN4O/c1-18-16(20-11-15-12-21(2)9-10-22-15)19-8-7-13-3-5-14(17)6-4-13/h3-6,15H,7-12H2,1-2H3,(H2,18,19,20). The van der Waals surface area contributed by atoms with E-state index in [9.17, 15) is 4.39 Å². The predicted molar refractivity (Wildman–Crippen MR) is 86.7 cm³/mol. The van der Waals surface area contributed by atoms with Crippen molar-refractivity contribution in [3.63, 3.8) is 0 Å². The molecule has 1 atom stereocenters. The van der Waals surface area contributed by atoms with Crippen LogP contribution in [-0.4, -0.2) is 63.8 Å². The van der Waals surface area contributed by atoms with E-state index in [4.69, 9.17) is 4.74 Å². The Labute approximate surface area is 131 Å². The van der Waals surface area contributed by atoms with E-state index in [-0.39, 0.29) is 11.9 Å². The molecule has 0 bridgehead atoms. The number of hydrogen-bond acceptors (Lipinski definition) is 3. The lowest BCUT2D eigenvalue weighted by Gasteiger charge is -2.30. The lowest BCUT2D eigenvalue weighted by Crippen LogP contribution is -2.48. The highest BCUT2D eigenvalue weighted by Crippen LogP contribution is 2.03. The molecule has 1 aromatic rings. The van der Waals surface area contributed by atoms with Crippen LogP contribution in [0.15, 0.2) is 29.3 Å². The summed E-state index contributed by atoms with van der Waals surface area (Å²) in [5.41, 5.74) is 1.10. The number of ether oxygens (including phenoxy) is 1. The van der Waals surface area contributed by atoms with Crippen LogP contribution in [0.4, 0.5) is 4.39 Å². The number of aliphatic imine (C=N–C) groups is 1. The van der Waals surface area contributed by atoms with Gasteiger partial charge in [0.05, 0.1) is 12.7 Å². The maximum absolute atomic E-state index is 12.8. The maximum atomic E-state index is 12.8. The van der Waals surface area contributed by atoms with E-state index >= 15 is 0 Å². The van der Waals surface area contributed by atoms with Crippen LogP contribution in [0, 0.1) is 5.82 Å². The van der Waals surface area contributed by atoms with E-state index < -0.39 is 0 Å². The van der Waals surface area contributed by atoms with Gasteiger partial charge in [0.2, 0.25) is 0 Å². The highest BCUT2D eigenvalue weighted by molar-refractivity contribution is 5.79. The predicted octanol–water partition coefficient (Wildman–Crippen LogP) is 0.864. The maximum Gasteiger partial charge on any atom is 0.191 e. The number of morpholine rings is 1. The Morgan fingerprint density at radius 2 is 2.14 bits per heavy atom. The Balaban J connectivity index is 1.67. The van der Waals surface area contributed by atoms with Crippen molar-refractivity contribution in [2.24, 2.45) is 4.99 Å². The zero-order valence-electron chi connectivity index (χ0n) is 13.3. The summed E-state index contributed by atoms with van der Waals surface area (Å²) in [5.74, 6) is 0.561. The van der Waals surface area contributed by atoms with Gasteiger partial charge in [-0.3, -0.25) is 4.99 Å². The minimum absolute atomic E-state index is 0.189. The molecule has 2 N–H and O–H groups in total. The summed E-state index contributed by atoms with van der Waals surface area (Å²) in [7, 11) is 3.85. The number of benzene rings is 1. The van der Waals surface area contributed by atoms with Gasteiger partial charge >= 0.3 is 0 Å². The smallest absolute Gasteiger partial charge is 0.191 e. The number of rotatable bonds is 5. The largest absolute Gasteiger partial charge is 0.374 e. The van der Waals surface area contributed by atoms with Gasteiger partial charge in [-0.15, -0.1) is 0 Å². The molecule has 122 valence electrons. The van der Waals surface area contributed by atoms with Gasteiger partial charge in [0, 0.05) is 33.2 Å². The van der Waals surface area contributed by atoms with Crippen molar-refractivity contribution in [1.82, 2.24) is 15.5 Å². The third-order valence-electron chi connectivity index (χ3n) is 3.68. The average molecular weight is 308 g/mol. The van der Waals surface area contributed by atoms with Crippen LogP contribution in [0.25, 0.3) is 0 Å². The summed E-state index contributed by atoms with van der Waals surface area (Å²) >= 11 is 0. The first-order valence-electron chi connectivity index (χ1n) is 7.66. The van der Waals surface area contributed by atoms with Gasteiger partial charge in [-0.05, 0) is 31.2 Å². The third kappa shape index (κ3) is 5.61. The van der Waals surface area contributed by atoms with Crippen molar-refractivity contribution in [3.05, 3.63) is 35.6 Å². The molecule has 0 saturated carbocycles. The molecule has 1 aliphatic heterocycles.